The Kier molecular flexibility index (Phi) is 6.01. The molecule has 0 bridgehead atoms. The largest absolute Gasteiger partial charge is 0.497 e. The quantitative estimate of drug-likeness (QED) is 0.450. The van der Waals surface area contributed by atoms with Crippen molar-refractivity contribution in [1.29, 1.82) is 0 Å². The molecule has 2 aliphatic rings. The fraction of sp³-hybridized carbons (Fsp3) is 0.556. The molecule has 136 valence electrons. The molecule has 0 saturated carbocycles. The Morgan fingerprint density at radius 1 is 1.24 bits per heavy atom. The van der Waals surface area contributed by atoms with Crippen molar-refractivity contribution in [2.24, 2.45) is 0 Å². The highest BCUT2D eigenvalue weighted by Gasteiger charge is 2.42. The molecule has 0 spiro atoms. The highest BCUT2D eigenvalue weighted by Crippen LogP contribution is 2.24. The number of hydrogen-bond acceptors (Lipinski definition) is 4. The average molecular weight is 349 g/mol. The lowest BCUT2D eigenvalue weighted by Crippen LogP contribution is -3.14. The van der Waals surface area contributed by atoms with E-state index in [1.165, 1.54) is 4.90 Å². The van der Waals surface area contributed by atoms with Crippen LogP contribution in [0.1, 0.15) is 12.8 Å². The molecule has 0 aliphatic carbocycles. The lowest BCUT2D eigenvalue weighted by molar-refractivity contribution is -0.909. The van der Waals surface area contributed by atoms with Crippen LogP contribution in [-0.2, 0) is 14.3 Å². The number of carbonyl (C=O) groups is 2. The molecule has 3 N–H and O–H groups in total. The zero-order valence-corrected chi connectivity index (χ0v) is 14.7. The number of imide groups is 1. The number of quaternary nitrogens is 2. The summed E-state index contributed by atoms with van der Waals surface area (Å²) in [5.74, 6) is 0.459. The lowest BCUT2D eigenvalue weighted by Gasteiger charge is -2.23. The number of hydrogen-bond donors (Lipinski definition) is 2. The summed E-state index contributed by atoms with van der Waals surface area (Å²) in [4.78, 5) is 27.7. The highest BCUT2D eigenvalue weighted by atomic mass is 16.5. The summed E-state index contributed by atoms with van der Waals surface area (Å²) in [6, 6.07) is 6.72. The number of carbonyl (C=O) groups excluding carboxylic acids is 2. The van der Waals surface area contributed by atoms with Crippen LogP contribution in [0.2, 0.25) is 0 Å². The minimum atomic E-state index is -0.297. The number of morpholine rings is 1. The monoisotopic (exact) mass is 349 g/mol. The third-order valence-electron chi connectivity index (χ3n) is 4.90. The van der Waals surface area contributed by atoms with Gasteiger partial charge < -0.3 is 19.7 Å². The summed E-state index contributed by atoms with van der Waals surface area (Å²) in [5, 5.41) is 2.02. The first-order valence-corrected chi connectivity index (χ1v) is 8.94. The van der Waals surface area contributed by atoms with E-state index < -0.39 is 0 Å². The molecule has 25 heavy (non-hydrogen) atoms. The second-order valence-corrected chi connectivity index (χ2v) is 6.57. The van der Waals surface area contributed by atoms with E-state index in [2.05, 4.69) is 0 Å². The van der Waals surface area contributed by atoms with E-state index in [-0.39, 0.29) is 24.3 Å². The zero-order valence-electron chi connectivity index (χ0n) is 14.7. The van der Waals surface area contributed by atoms with Crippen molar-refractivity contribution in [3.63, 3.8) is 0 Å². The molecule has 0 aromatic heterocycles. The number of anilines is 1. The first kappa shape index (κ1) is 17.8. The number of nitrogens with one attached hydrogen (secondary N) is 1. The lowest BCUT2D eigenvalue weighted by atomic mass is 10.2. The average Bonchev–Trinajstić information content (AvgIpc) is 2.93. The van der Waals surface area contributed by atoms with Crippen molar-refractivity contribution >= 4 is 17.5 Å². The van der Waals surface area contributed by atoms with Gasteiger partial charge in [-0.05, 0) is 24.3 Å². The molecular formula is C18H27N3O4+2. The molecule has 0 radical (unpaired) electrons. The third-order valence-corrected chi connectivity index (χ3v) is 4.90. The van der Waals surface area contributed by atoms with Crippen molar-refractivity contribution in [2.45, 2.75) is 18.9 Å². The summed E-state index contributed by atoms with van der Waals surface area (Å²) in [6.45, 7) is 5.76. The van der Waals surface area contributed by atoms with Crippen LogP contribution in [0.5, 0.6) is 5.75 Å². The molecule has 1 atom stereocenters. The van der Waals surface area contributed by atoms with Crippen molar-refractivity contribution < 1.29 is 29.3 Å². The van der Waals surface area contributed by atoms with Crippen LogP contribution in [-0.4, -0.2) is 64.4 Å². The Labute approximate surface area is 147 Å². The molecule has 7 heteroatoms. The molecule has 2 amide bonds. The highest BCUT2D eigenvalue weighted by molar-refractivity contribution is 6.21. The van der Waals surface area contributed by atoms with Gasteiger partial charge in [0.25, 0.3) is 5.91 Å². The Morgan fingerprint density at radius 3 is 2.64 bits per heavy atom. The Balaban J connectivity index is 1.48. The predicted octanol–water partition coefficient (Wildman–Crippen LogP) is -1.80. The maximum atomic E-state index is 12.6. The van der Waals surface area contributed by atoms with Crippen molar-refractivity contribution in [3.05, 3.63) is 24.3 Å². The van der Waals surface area contributed by atoms with Gasteiger partial charge in [0.15, 0.2) is 6.04 Å². The van der Waals surface area contributed by atoms with Crippen LogP contribution in [0.25, 0.3) is 0 Å². The van der Waals surface area contributed by atoms with Gasteiger partial charge in [0.1, 0.15) is 18.8 Å². The molecule has 2 saturated heterocycles. The van der Waals surface area contributed by atoms with Gasteiger partial charge >= 0.3 is 0 Å². The summed E-state index contributed by atoms with van der Waals surface area (Å²) in [6.07, 6.45) is 1.31. The second kappa shape index (κ2) is 8.42. The van der Waals surface area contributed by atoms with Crippen LogP contribution < -0.4 is 19.9 Å². The van der Waals surface area contributed by atoms with Crippen LogP contribution in [0.3, 0.4) is 0 Å². The summed E-state index contributed by atoms with van der Waals surface area (Å²) in [7, 11) is 1.59. The van der Waals surface area contributed by atoms with Gasteiger partial charge in [0, 0.05) is 6.42 Å². The van der Waals surface area contributed by atoms with Crippen LogP contribution >= 0.6 is 0 Å². The Hall–Kier alpha value is -1.96. The summed E-state index contributed by atoms with van der Waals surface area (Å²) in [5.41, 5.74) is 0.615. The van der Waals surface area contributed by atoms with Crippen molar-refractivity contribution in [3.8, 4) is 5.75 Å². The minimum Gasteiger partial charge on any atom is -0.497 e. The molecular weight excluding hydrogens is 322 g/mol. The predicted molar refractivity (Wildman–Crippen MR) is 91.7 cm³/mol. The molecule has 7 nitrogen and oxygen atoms in total. The second-order valence-electron chi connectivity index (χ2n) is 6.57. The molecule has 2 heterocycles. The fourth-order valence-corrected chi connectivity index (χ4v) is 3.42. The van der Waals surface area contributed by atoms with Crippen LogP contribution in [0.15, 0.2) is 24.3 Å². The number of benzene rings is 1. The first-order valence-electron chi connectivity index (χ1n) is 8.94. The molecule has 1 aromatic rings. The normalized spacial score (nSPS) is 21.8. The van der Waals surface area contributed by atoms with Crippen LogP contribution in [0, 0.1) is 0 Å². The molecule has 2 fully saturated rings. The number of rotatable bonds is 7. The molecule has 0 unspecified atom stereocenters. The van der Waals surface area contributed by atoms with Crippen molar-refractivity contribution in [1.82, 2.24) is 0 Å². The number of nitrogens with zero attached hydrogens (tertiary/aromatic N) is 1. The van der Waals surface area contributed by atoms with E-state index in [4.69, 9.17) is 9.47 Å². The number of nitrogens with two attached hydrogens (primary N) is 1. The maximum absolute atomic E-state index is 12.6. The minimum absolute atomic E-state index is 0.117. The van der Waals surface area contributed by atoms with Gasteiger partial charge in [0.05, 0.1) is 45.5 Å². The number of amides is 2. The maximum Gasteiger partial charge on any atom is 0.292 e. The van der Waals surface area contributed by atoms with E-state index in [1.807, 2.05) is 5.32 Å². The Morgan fingerprint density at radius 2 is 1.96 bits per heavy atom. The first-order chi connectivity index (χ1) is 12.2. The van der Waals surface area contributed by atoms with Gasteiger partial charge in [-0.1, -0.05) is 0 Å². The SMILES string of the molecule is COc1ccc(N2C(=O)C[C@H]([NH2+]CCC[NH+]3CCOCC3)C2=O)cc1. The van der Waals surface area contributed by atoms with Gasteiger partial charge in [-0.3, -0.25) is 9.59 Å². The number of methoxy groups -OCH3 is 1. The molecule has 2 aliphatic heterocycles. The smallest absolute Gasteiger partial charge is 0.292 e. The third kappa shape index (κ3) is 4.36. The van der Waals surface area contributed by atoms with E-state index in [0.29, 0.717) is 11.4 Å². The molecule has 3 rings (SSSR count). The summed E-state index contributed by atoms with van der Waals surface area (Å²) >= 11 is 0. The fourth-order valence-electron chi connectivity index (χ4n) is 3.42. The zero-order chi connectivity index (χ0) is 17.6. The summed E-state index contributed by atoms with van der Waals surface area (Å²) < 4.78 is 10.5. The number of ether oxygens (including phenoxy) is 2. The van der Waals surface area contributed by atoms with Gasteiger partial charge in [-0.25, -0.2) is 4.90 Å². The van der Waals surface area contributed by atoms with E-state index >= 15 is 0 Å². The van der Waals surface area contributed by atoms with Gasteiger partial charge in [-0.15, -0.1) is 0 Å². The van der Waals surface area contributed by atoms with E-state index in [1.54, 1.807) is 36.3 Å². The van der Waals surface area contributed by atoms with E-state index in [9.17, 15) is 9.59 Å². The van der Waals surface area contributed by atoms with Crippen molar-refractivity contribution in [2.75, 3.05) is 51.4 Å². The standard InChI is InChI=1S/C18H25N3O4/c1-24-15-5-3-14(4-6-15)21-17(22)13-16(18(21)23)19-7-2-8-20-9-11-25-12-10-20/h3-6,16,19H,2,7-13H2,1H3/p+2/t16-/m0/s1. The van der Waals surface area contributed by atoms with Crippen LogP contribution in [0.4, 0.5) is 5.69 Å². The Bertz CT molecular complexity index is 599. The molecule has 1 aromatic carbocycles. The van der Waals surface area contributed by atoms with Gasteiger partial charge in [-0.2, -0.15) is 0 Å². The van der Waals surface area contributed by atoms with E-state index in [0.717, 1.165) is 45.8 Å². The topological polar surface area (TPSA) is 76.9 Å². The van der Waals surface area contributed by atoms with Gasteiger partial charge in [0.2, 0.25) is 5.91 Å².